The van der Waals surface area contributed by atoms with Crippen LogP contribution in [0.15, 0.2) is 38.9 Å². The maximum Gasteiger partial charge on any atom is 0.416 e. The second kappa shape index (κ2) is 9.23. The summed E-state index contributed by atoms with van der Waals surface area (Å²) in [5.41, 5.74) is 4.90. The summed E-state index contributed by atoms with van der Waals surface area (Å²) < 4.78 is 64.5. The van der Waals surface area contributed by atoms with Crippen molar-refractivity contribution >= 4 is 39.2 Å². The number of carbonyl (C=O) groups is 1. The molecule has 29 heavy (non-hydrogen) atoms. The van der Waals surface area contributed by atoms with Crippen LogP contribution in [-0.2, 0) is 21.0 Å². The smallest absolute Gasteiger partial charge is 0.382 e. The normalized spacial score (nSPS) is 12.8. The monoisotopic (exact) mass is 452 g/mol. The number of nitrogens with zero attached hydrogens (tertiary/aromatic N) is 3. The number of amidine groups is 1. The Balaban J connectivity index is 2.00. The molecule has 0 atom stereocenters. The molecule has 0 spiro atoms. The molecule has 1 amide bonds. The lowest BCUT2D eigenvalue weighted by molar-refractivity contribution is -0.137. The molecular formula is C14H15F3N6O4S2. The number of primary sulfonamides is 1. The number of rotatable bonds is 8. The topological polar surface area (TPSA) is 167 Å². The van der Waals surface area contributed by atoms with E-state index in [-0.39, 0.29) is 34.5 Å². The summed E-state index contributed by atoms with van der Waals surface area (Å²) in [5, 5.41) is 14.5. The summed E-state index contributed by atoms with van der Waals surface area (Å²) in [5.74, 6) is -1.58. The molecule has 0 bridgehead atoms. The summed E-state index contributed by atoms with van der Waals surface area (Å²) in [6.07, 6.45) is -4.52. The Labute approximate surface area is 166 Å². The SMILES string of the molecule is NC(=Nc1cccc(C(F)(F)F)c1)c1nonc1SCCNC(=O)CS(N)(=O)=O. The lowest BCUT2D eigenvalue weighted by atomic mass is 10.2. The molecule has 1 aromatic heterocycles. The third-order valence-corrected chi connectivity index (χ3v) is 4.73. The highest BCUT2D eigenvalue weighted by Crippen LogP contribution is 2.31. The molecule has 1 heterocycles. The quantitative estimate of drug-likeness (QED) is 0.227. The van der Waals surface area contributed by atoms with Gasteiger partial charge in [-0.05, 0) is 28.5 Å². The maximum atomic E-state index is 12.8. The van der Waals surface area contributed by atoms with E-state index in [1.54, 1.807) is 0 Å². The van der Waals surface area contributed by atoms with Gasteiger partial charge in [-0.15, -0.1) is 0 Å². The van der Waals surface area contributed by atoms with Crippen molar-refractivity contribution in [1.29, 1.82) is 0 Å². The van der Waals surface area contributed by atoms with Gasteiger partial charge in [-0.1, -0.05) is 17.8 Å². The fourth-order valence-corrected chi connectivity index (χ4v) is 3.18. The van der Waals surface area contributed by atoms with Gasteiger partial charge in [0.2, 0.25) is 15.9 Å². The van der Waals surface area contributed by atoms with Crippen LogP contribution in [-0.4, -0.2) is 48.5 Å². The van der Waals surface area contributed by atoms with E-state index in [0.29, 0.717) is 0 Å². The highest BCUT2D eigenvalue weighted by atomic mass is 32.2. The van der Waals surface area contributed by atoms with Crippen molar-refractivity contribution in [2.45, 2.75) is 11.2 Å². The average Bonchev–Trinajstić information content (AvgIpc) is 3.05. The van der Waals surface area contributed by atoms with Crippen molar-refractivity contribution in [3.63, 3.8) is 0 Å². The fraction of sp³-hybridized carbons (Fsp3) is 0.286. The second-order valence-corrected chi connectivity index (χ2v) is 8.17. The maximum absolute atomic E-state index is 12.8. The van der Waals surface area contributed by atoms with Gasteiger partial charge in [0.25, 0.3) is 0 Å². The van der Waals surface area contributed by atoms with Crippen molar-refractivity contribution in [1.82, 2.24) is 15.6 Å². The zero-order chi connectivity index (χ0) is 21.7. The average molecular weight is 452 g/mol. The lowest BCUT2D eigenvalue weighted by Gasteiger charge is -2.07. The molecule has 1 aromatic carbocycles. The van der Waals surface area contributed by atoms with Crippen LogP contribution in [0.2, 0.25) is 0 Å². The summed E-state index contributed by atoms with van der Waals surface area (Å²) in [4.78, 5) is 15.3. The molecule has 0 fully saturated rings. The number of sulfonamides is 1. The molecule has 0 saturated carbocycles. The van der Waals surface area contributed by atoms with Gasteiger partial charge in [0.15, 0.2) is 16.6 Å². The molecule has 2 rings (SSSR count). The number of carbonyl (C=O) groups excluding carboxylic acids is 1. The summed E-state index contributed by atoms with van der Waals surface area (Å²) in [6, 6.07) is 4.26. The van der Waals surface area contributed by atoms with Crippen LogP contribution in [0.4, 0.5) is 18.9 Å². The highest BCUT2D eigenvalue weighted by Gasteiger charge is 2.30. The first-order chi connectivity index (χ1) is 13.5. The van der Waals surface area contributed by atoms with Gasteiger partial charge < -0.3 is 11.1 Å². The number of amides is 1. The molecule has 2 aromatic rings. The van der Waals surface area contributed by atoms with Crippen LogP contribution in [0, 0.1) is 0 Å². The molecule has 0 saturated heterocycles. The molecule has 158 valence electrons. The largest absolute Gasteiger partial charge is 0.416 e. The first kappa shape index (κ1) is 22.6. The number of aromatic nitrogens is 2. The zero-order valence-corrected chi connectivity index (χ0v) is 16.1. The summed E-state index contributed by atoms with van der Waals surface area (Å²) >= 11 is 1.06. The Morgan fingerprint density at radius 1 is 1.31 bits per heavy atom. The van der Waals surface area contributed by atoms with Gasteiger partial charge in [0, 0.05) is 12.3 Å². The number of hydrogen-bond acceptors (Lipinski definition) is 8. The molecular weight excluding hydrogens is 437 g/mol. The highest BCUT2D eigenvalue weighted by molar-refractivity contribution is 7.99. The Kier molecular flexibility index (Phi) is 7.21. The number of hydrogen-bond donors (Lipinski definition) is 3. The van der Waals surface area contributed by atoms with Crippen LogP contribution < -0.4 is 16.2 Å². The number of aliphatic imine (C=N–C) groups is 1. The van der Waals surface area contributed by atoms with E-state index in [0.717, 1.165) is 23.9 Å². The van der Waals surface area contributed by atoms with Gasteiger partial charge in [-0.3, -0.25) is 4.79 Å². The van der Waals surface area contributed by atoms with Crippen molar-refractivity contribution in [2.75, 3.05) is 18.1 Å². The number of nitrogens with two attached hydrogens (primary N) is 2. The Morgan fingerprint density at radius 2 is 2.03 bits per heavy atom. The minimum absolute atomic E-state index is 0.0169. The number of nitrogens with one attached hydrogen (secondary N) is 1. The van der Waals surface area contributed by atoms with Crippen molar-refractivity contribution in [3.05, 3.63) is 35.5 Å². The lowest BCUT2D eigenvalue weighted by Crippen LogP contribution is -2.34. The zero-order valence-electron chi connectivity index (χ0n) is 14.5. The molecule has 0 aliphatic carbocycles. The van der Waals surface area contributed by atoms with E-state index in [2.05, 4.69) is 25.3 Å². The molecule has 10 nitrogen and oxygen atoms in total. The second-order valence-electron chi connectivity index (χ2n) is 5.47. The van der Waals surface area contributed by atoms with Gasteiger partial charge in [0.05, 0.1) is 11.3 Å². The first-order valence-electron chi connectivity index (χ1n) is 7.70. The third kappa shape index (κ3) is 7.35. The van der Waals surface area contributed by atoms with Crippen LogP contribution in [0.1, 0.15) is 11.3 Å². The standard InChI is InChI=1S/C14H15F3N6O4S2/c15-14(16,17)8-2-1-3-9(6-8)21-12(18)11-13(23-27-22-11)28-5-4-20-10(24)7-29(19,25)26/h1-3,6H,4-5,7H2,(H2,18,21)(H,20,24)(H2,19,25,26). The third-order valence-electron chi connectivity index (χ3n) is 3.12. The summed E-state index contributed by atoms with van der Waals surface area (Å²) in [7, 11) is -3.92. The van der Waals surface area contributed by atoms with Gasteiger partial charge >= 0.3 is 6.18 Å². The van der Waals surface area contributed by atoms with Crippen molar-refractivity contribution < 1.29 is 31.0 Å². The van der Waals surface area contributed by atoms with Crippen LogP contribution >= 0.6 is 11.8 Å². The van der Waals surface area contributed by atoms with Crippen LogP contribution in [0.5, 0.6) is 0 Å². The van der Waals surface area contributed by atoms with E-state index in [1.165, 1.54) is 12.1 Å². The number of thioether (sulfide) groups is 1. The number of halogens is 3. The first-order valence-corrected chi connectivity index (χ1v) is 10.4. The fourth-order valence-electron chi connectivity index (χ4n) is 1.95. The Morgan fingerprint density at radius 3 is 2.69 bits per heavy atom. The Bertz CT molecular complexity index is 1010. The van der Waals surface area contributed by atoms with Gasteiger partial charge in [0.1, 0.15) is 5.75 Å². The summed E-state index contributed by atoms with van der Waals surface area (Å²) in [6.45, 7) is 0.0794. The van der Waals surface area contributed by atoms with Crippen LogP contribution in [0.3, 0.4) is 0 Å². The van der Waals surface area contributed by atoms with E-state index < -0.39 is 33.4 Å². The minimum Gasteiger partial charge on any atom is -0.382 e. The Hall–Kier alpha value is -2.65. The van der Waals surface area contributed by atoms with E-state index in [9.17, 15) is 26.4 Å². The number of benzene rings is 1. The van der Waals surface area contributed by atoms with Crippen LogP contribution in [0.25, 0.3) is 0 Å². The predicted molar refractivity (Wildman–Crippen MR) is 97.8 cm³/mol. The minimum atomic E-state index is -4.52. The molecule has 0 aliphatic heterocycles. The van der Waals surface area contributed by atoms with Gasteiger partial charge in [-0.25, -0.2) is 23.2 Å². The van der Waals surface area contributed by atoms with Crippen molar-refractivity contribution in [2.24, 2.45) is 15.9 Å². The molecule has 0 aliphatic rings. The molecule has 0 radical (unpaired) electrons. The predicted octanol–water partition coefficient (Wildman–Crippen LogP) is 0.622. The van der Waals surface area contributed by atoms with E-state index in [4.69, 9.17) is 10.9 Å². The molecule has 15 heteroatoms. The molecule has 0 unspecified atom stereocenters. The van der Waals surface area contributed by atoms with E-state index in [1.807, 2.05) is 0 Å². The molecule has 5 N–H and O–H groups in total. The van der Waals surface area contributed by atoms with Gasteiger partial charge in [-0.2, -0.15) is 13.2 Å². The van der Waals surface area contributed by atoms with E-state index >= 15 is 0 Å². The number of alkyl halides is 3. The van der Waals surface area contributed by atoms with Crippen molar-refractivity contribution in [3.8, 4) is 0 Å².